The Labute approximate surface area is 186 Å². The first-order valence-corrected chi connectivity index (χ1v) is 11.1. The van der Waals surface area contributed by atoms with E-state index in [0.717, 1.165) is 0 Å². The molecule has 0 bridgehead atoms. The van der Waals surface area contributed by atoms with Gasteiger partial charge >= 0.3 is 0 Å². The summed E-state index contributed by atoms with van der Waals surface area (Å²) in [5.74, 6) is 1.02. The van der Waals surface area contributed by atoms with Crippen molar-refractivity contribution in [3.63, 3.8) is 0 Å². The summed E-state index contributed by atoms with van der Waals surface area (Å²) in [5.41, 5.74) is 1.25. The molecule has 0 N–H and O–H groups in total. The van der Waals surface area contributed by atoms with Crippen LogP contribution in [0.25, 0.3) is 0 Å². The van der Waals surface area contributed by atoms with Gasteiger partial charge in [0, 0.05) is 30.0 Å². The summed E-state index contributed by atoms with van der Waals surface area (Å²) in [5, 5.41) is 0. The number of benzene rings is 3. The maximum Gasteiger partial charge on any atom is 0.214 e. The van der Waals surface area contributed by atoms with Crippen LogP contribution in [0, 0.1) is 0 Å². The summed E-state index contributed by atoms with van der Waals surface area (Å²) in [6.07, 6.45) is 1.35. The Morgan fingerprint density at radius 3 is 1.97 bits per heavy atom. The lowest BCUT2D eigenvalue weighted by Crippen LogP contribution is -2.25. The molecule has 0 saturated carbocycles. The minimum atomic E-state index is -4.04. The van der Waals surface area contributed by atoms with Crippen molar-refractivity contribution in [2.24, 2.45) is 0 Å². The fourth-order valence-electron chi connectivity index (χ4n) is 3.47. The van der Waals surface area contributed by atoms with E-state index in [2.05, 4.69) is 0 Å². The lowest BCUT2D eigenvalue weighted by atomic mass is 10.1. The summed E-state index contributed by atoms with van der Waals surface area (Å²) in [6.45, 7) is 0. The molecular formula is C24H21NO6S. The van der Waals surface area contributed by atoms with Crippen molar-refractivity contribution in [2.75, 3.05) is 26.2 Å². The standard InChI is InChI=1S/C24H21NO6S/c1-29-18-10-8-16(9-11-18)24(26)23-15-25(17-12-19(30-2)14-20(13-17)31-3)21-6-4-5-7-22(21)32(23,27)28/h4-15H,1-3H3. The number of carbonyl (C=O) groups excluding carboxylic acids is 1. The van der Waals surface area contributed by atoms with Gasteiger partial charge in [-0.05, 0) is 36.4 Å². The van der Waals surface area contributed by atoms with E-state index >= 15 is 0 Å². The number of rotatable bonds is 6. The molecule has 0 fully saturated rings. The average molecular weight is 452 g/mol. The van der Waals surface area contributed by atoms with Crippen LogP contribution in [0.1, 0.15) is 10.4 Å². The lowest BCUT2D eigenvalue weighted by Gasteiger charge is -2.29. The van der Waals surface area contributed by atoms with Crippen LogP contribution in [-0.2, 0) is 9.84 Å². The SMILES string of the molecule is COc1ccc(C(=O)C2=CN(c3cc(OC)cc(OC)c3)c3ccccc3S2(=O)=O)cc1. The number of anilines is 2. The summed E-state index contributed by atoms with van der Waals surface area (Å²) in [7, 11) is 0.533. The average Bonchev–Trinajstić information content (AvgIpc) is 2.83. The molecule has 0 spiro atoms. The molecule has 1 aliphatic heterocycles. The molecule has 7 nitrogen and oxygen atoms in total. The van der Waals surface area contributed by atoms with Crippen molar-refractivity contribution in [3.05, 3.63) is 83.4 Å². The maximum absolute atomic E-state index is 13.4. The van der Waals surface area contributed by atoms with E-state index in [1.807, 2.05) is 0 Å². The van der Waals surface area contributed by atoms with Crippen molar-refractivity contribution in [3.8, 4) is 17.2 Å². The second kappa shape index (κ2) is 8.39. The number of nitrogens with zero attached hydrogens (tertiary/aromatic N) is 1. The highest BCUT2D eigenvalue weighted by atomic mass is 32.2. The third kappa shape index (κ3) is 3.69. The van der Waals surface area contributed by atoms with Crippen LogP contribution < -0.4 is 19.1 Å². The number of carbonyl (C=O) groups is 1. The van der Waals surface area contributed by atoms with Gasteiger partial charge in [-0.15, -0.1) is 0 Å². The first kappa shape index (κ1) is 21.5. The van der Waals surface area contributed by atoms with Crippen LogP contribution in [0.3, 0.4) is 0 Å². The quantitative estimate of drug-likeness (QED) is 0.515. The number of ketones is 1. The molecule has 0 amide bonds. The number of fused-ring (bicyclic) bond motifs is 1. The Balaban J connectivity index is 1.90. The van der Waals surface area contributed by atoms with Crippen LogP contribution in [0.15, 0.2) is 82.7 Å². The largest absolute Gasteiger partial charge is 0.497 e. The fourth-order valence-corrected chi connectivity index (χ4v) is 5.01. The molecule has 3 aromatic rings. The van der Waals surface area contributed by atoms with Gasteiger partial charge in [0.2, 0.25) is 15.6 Å². The Kier molecular flexibility index (Phi) is 5.63. The number of Topliss-reactive ketones (excluding diaryl/α,β-unsaturated/α-hetero) is 1. The van der Waals surface area contributed by atoms with Gasteiger partial charge in [0.1, 0.15) is 22.2 Å². The van der Waals surface area contributed by atoms with E-state index in [1.165, 1.54) is 45.7 Å². The van der Waals surface area contributed by atoms with Gasteiger partial charge < -0.3 is 19.1 Å². The van der Waals surface area contributed by atoms with E-state index in [1.54, 1.807) is 53.4 Å². The molecule has 1 heterocycles. The summed E-state index contributed by atoms with van der Waals surface area (Å²) < 4.78 is 42.6. The van der Waals surface area contributed by atoms with E-state index in [-0.39, 0.29) is 15.4 Å². The Morgan fingerprint density at radius 1 is 0.781 bits per heavy atom. The second-order valence-electron chi connectivity index (χ2n) is 6.96. The Hall–Kier alpha value is -3.78. The molecule has 8 heteroatoms. The zero-order chi connectivity index (χ0) is 22.9. The molecule has 0 atom stereocenters. The predicted molar refractivity (Wildman–Crippen MR) is 121 cm³/mol. The van der Waals surface area contributed by atoms with Crippen molar-refractivity contribution in [1.29, 1.82) is 0 Å². The topological polar surface area (TPSA) is 82.1 Å². The minimum Gasteiger partial charge on any atom is -0.497 e. The highest BCUT2D eigenvalue weighted by Gasteiger charge is 2.36. The van der Waals surface area contributed by atoms with Gasteiger partial charge in [-0.3, -0.25) is 4.79 Å². The van der Waals surface area contributed by atoms with Crippen molar-refractivity contribution in [2.45, 2.75) is 4.90 Å². The molecule has 1 aliphatic rings. The number of hydrogen-bond acceptors (Lipinski definition) is 7. The molecule has 0 aliphatic carbocycles. The summed E-state index contributed by atoms with van der Waals surface area (Å²) in [6, 6.07) is 18.0. The molecule has 32 heavy (non-hydrogen) atoms. The molecule has 4 rings (SSSR count). The van der Waals surface area contributed by atoms with Gasteiger partial charge in [-0.2, -0.15) is 0 Å². The number of hydrogen-bond donors (Lipinski definition) is 0. The first-order chi connectivity index (χ1) is 15.4. The van der Waals surface area contributed by atoms with Crippen molar-refractivity contribution < 1.29 is 27.4 Å². The number of allylic oxidation sites excluding steroid dienone is 1. The molecule has 0 saturated heterocycles. The van der Waals surface area contributed by atoms with Gasteiger partial charge in [-0.1, -0.05) is 12.1 Å². The number of ether oxygens (including phenoxy) is 3. The minimum absolute atomic E-state index is 0.0427. The van der Waals surface area contributed by atoms with Crippen LogP contribution in [0.4, 0.5) is 11.4 Å². The highest BCUT2D eigenvalue weighted by molar-refractivity contribution is 7.96. The third-order valence-corrected chi connectivity index (χ3v) is 6.93. The van der Waals surface area contributed by atoms with Gasteiger partial charge in [0.05, 0.1) is 37.6 Å². The molecule has 0 unspecified atom stereocenters. The highest BCUT2D eigenvalue weighted by Crippen LogP contribution is 2.42. The zero-order valence-electron chi connectivity index (χ0n) is 17.7. The van der Waals surface area contributed by atoms with E-state index in [4.69, 9.17) is 14.2 Å². The van der Waals surface area contributed by atoms with Gasteiger partial charge in [0.25, 0.3) is 0 Å². The van der Waals surface area contributed by atoms with Crippen LogP contribution in [0.5, 0.6) is 17.2 Å². The third-order valence-electron chi connectivity index (χ3n) is 5.14. The monoisotopic (exact) mass is 451 g/mol. The van der Waals surface area contributed by atoms with Crippen molar-refractivity contribution >= 4 is 27.0 Å². The molecular weight excluding hydrogens is 430 g/mol. The van der Waals surface area contributed by atoms with E-state index < -0.39 is 15.6 Å². The Bertz CT molecular complexity index is 1290. The van der Waals surface area contributed by atoms with Crippen LogP contribution in [-0.4, -0.2) is 35.5 Å². The summed E-state index contributed by atoms with van der Waals surface area (Å²) in [4.78, 5) is 14.6. The van der Waals surface area contributed by atoms with Gasteiger partial charge in [-0.25, -0.2) is 8.42 Å². The number of para-hydroxylation sites is 1. The van der Waals surface area contributed by atoms with Crippen molar-refractivity contribution in [1.82, 2.24) is 0 Å². The van der Waals surface area contributed by atoms with E-state index in [0.29, 0.717) is 28.6 Å². The summed E-state index contributed by atoms with van der Waals surface area (Å²) >= 11 is 0. The molecule has 164 valence electrons. The maximum atomic E-state index is 13.4. The smallest absolute Gasteiger partial charge is 0.214 e. The lowest BCUT2D eigenvalue weighted by molar-refractivity contribution is 0.104. The molecule has 3 aromatic carbocycles. The first-order valence-electron chi connectivity index (χ1n) is 9.66. The number of methoxy groups -OCH3 is 3. The zero-order valence-corrected chi connectivity index (χ0v) is 18.5. The predicted octanol–water partition coefficient (Wildman–Crippen LogP) is 4.36. The Morgan fingerprint density at radius 2 is 1.38 bits per heavy atom. The van der Waals surface area contributed by atoms with Crippen LogP contribution in [0.2, 0.25) is 0 Å². The van der Waals surface area contributed by atoms with E-state index in [9.17, 15) is 13.2 Å². The molecule has 0 aromatic heterocycles. The fraction of sp³-hybridized carbons (Fsp3) is 0.125. The second-order valence-corrected chi connectivity index (χ2v) is 8.85. The number of sulfone groups is 1. The normalized spacial score (nSPS) is 14.2. The molecule has 0 radical (unpaired) electrons. The van der Waals surface area contributed by atoms with Crippen LogP contribution >= 0.6 is 0 Å². The van der Waals surface area contributed by atoms with Gasteiger partial charge in [0.15, 0.2) is 0 Å².